The SMILES string of the molecule is C#Cc1c(F)ccc2cc(O)cc(-c3ncc4c(N5CC6CCC(C5)N6C(=O)C(F)(F)F)nc(OCC56CCCC5N(C)CCC6)nc4c3F)c12. The van der Waals surface area contributed by atoms with Crippen LogP contribution >= 0.6 is 0 Å². The number of hydrogen-bond donors (Lipinski definition) is 1. The number of terminal acetylenes is 1. The van der Waals surface area contributed by atoms with Crippen molar-refractivity contribution in [2.45, 2.75) is 69.2 Å². The van der Waals surface area contributed by atoms with Crippen molar-refractivity contribution in [3.63, 3.8) is 0 Å². The molecule has 4 aliphatic rings. The minimum Gasteiger partial charge on any atom is -0.508 e. The molecule has 8 rings (SSSR count). The Labute approximate surface area is 290 Å². The van der Waals surface area contributed by atoms with Gasteiger partial charge in [0.25, 0.3) is 0 Å². The molecule has 2 aromatic heterocycles. The molecule has 3 saturated heterocycles. The van der Waals surface area contributed by atoms with E-state index in [1.165, 1.54) is 30.5 Å². The van der Waals surface area contributed by atoms with E-state index in [1.807, 2.05) is 0 Å². The summed E-state index contributed by atoms with van der Waals surface area (Å²) in [6.45, 7) is 1.36. The Balaban J connectivity index is 1.25. The molecule has 2 aromatic carbocycles. The first kappa shape index (κ1) is 33.4. The Kier molecular flexibility index (Phi) is 7.97. The topological polar surface area (TPSA) is 94.9 Å². The van der Waals surface area contributed by atoms with Gasteiger partial charge in [-0.3, -0.25) is 9.78 Å². The monoisotopic (exact) mass is 706 g/mol. The summed E-state index contributed by atoms with van der Waals surface area (Å²) < 4.78 is 78.8. The number of piperazine rings is 1. The number of aromatic nitrogens is 3. The molecule has 14 heteroatoms. The maximum Gasteiger partial charge on any atom is 0.471 e. The first-order chi connectivity index (χ1) is 24.4. The summed E-state index contributed by atoms with van der Waals surface area (Å²) in [5.74, 6) is -1.13. The third kappa shape index (κ3) is 5.48. The van der Waals surface area contributed by atoms with Crippen LogP contribution in [0.1, 0.15) is 50.5 Å². The molecule has 1 aliphatic carbocycles. The van der Waals surface area contributed by atoms with Gasteiger partial charge in [0.2, 0.25) is 0 Å². The lowest BCUT2D eigenvalue weighted by molar-refractivity contribution is -0.188. The quantitative estimate of drug-likeness (QED) is 0.194. The van der Waals surface area contributed by atoms with Crippen LogP contribution in [0.2, 0.25) is 0 Å². The second-order valence-corrected chi connectivity index (χ2v) is 14.3. The van der Waals surface area contributed by atoms with Gasteiger partial charge < -0.3 is 24.5 Å². The third-order valence-electron chi connectivity index (χ3n) is 11.4. The molecule has 1 amide bonds. The van der Waals surface area contributed by atoms with Gasteiger partial charge >= 0.3 is 18.1 Å². The van der Waals surface area contributed by atoms with Gasteiger partial charge in [0, 0.05) is 41.7 Å². The number of carbonyl (C=O) groups is 1. The van der Waals surface area contributed by atoms with Crippen molar-refractivity contribution < 1.29 is 36.6 Å². The van der Waals surface area contributed by atoms with E-state index < -0.39 is 35.8 Å². The summed E-state index contributed by atoms with van der Waals surface area (Å²) >= 11 is 0. The molecule has 4 atom stereocenters. The molecule has 4 aromatic rings. The Bertz CT molecular complexity index is 2110. The number of carbonyl (C=O) groups excluding carboxylic acids is 1. The van der Waals surface area contributed by atoms with Crippen LogP contribution in [0.15, 0.2) is 30.5 Å². The summed E-state index contributed by atoms with van der Waals surface area (Å²) in [6, 6.07) is 4.01. The molecular weight excluding hydrogens is 671 g/mol. The molecule has 9 nitrogen and oxygen atoms in total. The highest BCUT2D eigenvalue weighted by Crippen LogP contribution is 2.48. The molecule has 1 N–H and O–H groups in total. The average Bonchev–Trinajstić information content (AvgIpc) is 3.65. The van der Waals surface area contributed by atoms with Crippen LogP contribution < -0.4 is 9.64 Å². The molecular formula is C37H35F5N6O3. The smallest absolute Gasteiger partial charge is 0.471 e. The Hall–Kier alpha value is -4.77. The van der Waals surface area contributed by atoms with Crippen LogP contribution in [0.5, 0.6) is 11.8 Å². The fourth-order valence-electron chi connectivity index (χ4n) is 9.21. The highest BCUT2D eigenvalue weighted by Gasteiger charge is 2.52. The van der Waals surface area contributed by atoms with Crippen molar-refractivity contribution in [3.05, 3.63) is 47.7 Å². The van der Waals surface area contributed by atoms with Gasteiger partial charge in [0.05, 0.1) is 29.6 Å². The van der Waals surface area contributed by atoms with E-state index >= 15 is 4.39 Å². The van der Waals surface area contributed by atoms with E-state index in [-0.39, 0.29) is 69.2 Å². The number of piperidine rings is 1. The molecule has 1 saturated carbocycles. The largest absolute Gasteiger partial charge is 0.508 e. The molecule has 266 valence electrons. The molecule has 4 unspecified atom stereocenters. The maximum atomic E-state index is 17.0. The Morgan fingerprint density at radius 2 is 1.84 bits per heavy atom. The number of ether oxygens (including phenoxy) is 1. The molecule has 0 radical (unpaired) electrons. The van der Waals surface area contributed by atoms with E-state index in [4.69, 9.17) is 16.1 Å². The number of phenols is 1. The second-order valence-electron chi connectivity index (χ2n) is 14.3. The van der Waals surface area contributed by atoms with Crippen molar-refractivity contribution in [1.29, 1.82) is 0 Å². The van der Waals surface area contributed by atoms with Crippen molar-refractivity contribution in [3.8, 4) is 35.4 Å². The minimum atomic E-state index is -5.00. The fourth-order valence-corrected chi connectivity index (χ4v) is 9.21. The number of alkyl halides is 3. The Morgan fingerprint density at radius 3 is 2.57 bits per heavy atom. The van der Waals surface area contributed by atoms with E-state index in [0.717, 1.165) is 43.5 Å². The number of halogens is 5. The summed E-state index contributed by atoms with van der Waals surface area (Å²) in [4.78, 5) is 31.1. The lowest BCUT2D eigenvalue weighted by Crippen LogP contribution is -2.59. The number of rotatable bonds is 5. The number of hydrogen-bond acceptors (Lipinski definition) is 8. The fraction of sp³-hybridized carbons (Fsp3) is 0.459. The van der Waals surface area contributed by atoms with Crippen LogP contribution in [-0.4, -0.2) is 93.4 Å². The van der Waals surface area contributed by atoms with Crippen LogP contribution in [-0.2, 0) is 4.79 Å². The van der Waals surface area contributed by atoms with Crippen LogP contribution in [0.25, 0.3) is 32.9 Å². The van der Waals surface area contributed by atoms with Gasteiger partial charge in [-0.2, -0.15) is 23.1 Å². The maximum absolute atomic E-state index is 17.0. The van der Waals surface area contributed by atoms with E-state index in [9.17, 15) is 27.5 Å². The zero-order valence-corrected chi connectivity index (χ0v) is 27.8. The first-order valence-corrected chi connectivity index (χ1v) is 17.1. The van der Waals surface area contributed by atoms with E-state index in [0.29, 0.717) is 30.9 Å². The van der Waals surface area contributed by atoms with Gasteiger partial charge in [0.15, 0.2) is 5.82 Å². The van der Waals surface area contributed by atoms with Gasteiger partial charge in [0.1, 0.15) is 28.6 Å². The molecule has 2 bridgehead atoms. The highest BCUT2D eigenvalue weighted by molar-refractivity contribution is 6.03. The summed E-state index contributed by atoms with van der Waals surface area (Å²) in [5.41, 5.74) is -0.620. The predicted molar refractivity (Wildman–Crippen MR) is 179 cm³/mol. The number of fused-ring (bicyclic) bond motifs is 5. The van der Waals surface area contributed by atoms with Gasteiger partial charge in [-0.1, -0.05) is 18.4 Å². The zero-order valence-electron chi connectivity index (χ0n) is 27.8. The molecule has 4 fully saturated rings. The Morgan fingerprint density at radius 1 is 1.10 bits per heavy atom. The van der Waals surface area contributed by atoms with Gasteiger partial charge in [-0.15, -0.1) is 6.42 Å². The second kappa shape index (κ2) is 12.2. The van der Waals surface area contributed by atoms with E-state index in [2.05, 4.69) is 27.8 Å². The number of phenolic OH excluding ortho intramolecular Hbond substituents is 1. The van der Waals surface area contributed by atoms with Crippen molar-refractivity contribution >= 4 is 33.4 Å². The summed E-state index contributed by atoms with van der Waals surface area (Å²) in [6.07, 6.45) is 7.79. The van der Waals surface area contributed by atoms with Gasteiger partial charge in [-0.25, -0.2) is 8.78 Å². The standard InChI is InChI=1S/C37H35F5N6O3/c1-3-24-27(38)10-7-20-14-23(49)15-25(29(20)24)31-30(39)32-26(16-43-31)33(47-17-21-8-9-22(18-47)48(21)34(50)37(40,41)42)45-35(44-32)51-19-36-11-4-6-28(36)46(2)13-5-12-36/h1,7,10,14-16,21-22,28,49H,4-6,8-9,11-13,17-19H2,2H3. The van der Waals surface area contributed by atoms with Crippen molar-refractivity contribution in [2.75, 3.05) is 38.2 Å². The highest BCUT2D eigenvalue weighted by atomic mass is 19.4. The van der Waals surface area contributed by atoms with E-state index in [1.54, 1.807) is 4.90 Å². The lowest BCUT2D eigenvalue weighted by atomic mass is 9.76. The number of amides is 1. The molecule has 3 aliphatic heterocycles. The number of aromatic hydroxyl groups is 1. The average molecular weight is 707 g/mol. The lowest BCUT2D eigenvalue weighted by Gasteiger charge is -2.44. The number of benzene rings is 2. The summed E-state index contributed by atoms with van der Waals surface area (Å²) in [7, 11) is 2.11. The number of nitrogens with zero attached hydrogens (tertiary/aromatic N) is 6. The number of likely N-dealkylation sites (tertiary alicyclic amines) is 1. The van der Waals surface area contributed by atoms with Crippen molar-refractivity contribution in [2.24, 2.45) is 5.41 Å². The van der Waals surface area contributed by atoms with Crippen molar-refractivity contribution in [1.82, 2.24) is 24.8 Å². The zero-order chi connectivity index (χ0) is 35.8. The predicted octanol–water partition coefficient (Wildman–Crippen LogP) is 6.20. The van der Waals surface area contributed by atoms with Crippen LogP contribution in [0, 0.1) is 29.4 Å². The molecule has 5 heterocycles. The van der Waals surface area contributed by atoms with Crippen LogP contribution in [0.4, 0.5) is 27.8 Å². The number of pyridine rings is 1. The van der Waals surface area contributed by atoms with Crippen LogP contribution in [0.3, 0.4) is 0 Å². The number of anilines is 1. The normalized spacial score (nSPS) is 25.0. The summed E-state index contributed by atoms with van der Waals surface area (Å²) in [5, 5.41) is 11.3. The first-order valence-electron chi connectivity index (χ1n) is 17.1. The third-order valence-corrected chi connectivity index (χ3v) is 11.4. The molecule has 0 spiro atoms. The molecule has 51 heavy (non-hydrogen) atoms. The minimum absolute atomic E-state index is 0.0338. The van der Waals surface area contributed by atoms with Gasteiger partial charge in [-0.05, 0) is 75.7 Å².